The summed E-state index contributed by atoms with van der Waals surface area (Å²) in [6.07, 6.45) is 4.72. The molecular formula is C13H23NO3. The highest BCUT2D eigenvalue weighted by molar-refractivity contribution is 5.86. The highest BCUT2D eigenvalue weighted by Gasteiger charge is 2.34. The molecule has 1 saturated heterocycles. The van der Waals surface area contributed by atoms with E-state index in [0.717, 1.165) is 19.4 Å². The Morgan fingerprint density at radius 2 is 2.24 bits per heavy atom. The molecule has 1 amide bonds. The molecule has 1 aliphatic heterocycles. The highest BCUT2D eigenvalue weighted by atomic mass is 16.4. The van der Waals surface area contributed by atoms with Crippen molar-refractivity contribution in [2.45, 2.75) is 46.0 Å². The quantitative estimate of drug-likeness (QED) is 0.743. The Morgan fingerprint density at radius 1 is 1.53 bits per heavy atom. The monoisotopic (exact) mass is 241 g/mol. The maximum Gasteiger partial charge on any atom is 0.308 e. The SMILES string of the molecule is CCCC[C@H](CC)CN1C[C@H](C(=O)O)CC1=O. The average Bonchev–Trinajstić information content (AvgIpc) is 2.66. The van der Waals surface area contributed by atoms with Crippen molar-refractivity contribution in [2.75, 3.05) is 13.1 Å². The van der Waals surface area contributed by atoms with E-state index in [1.807, 2.05) is 0 Å². The number of unbranched alkanes of at least 4 members (excludes halogenated alkanes) is 1. The van der Waals surface area contributed by atoms with Gasteiger partial charge in [-0.05, 0) is 12.3 Å². The van der Waals surface area contributed by atoms with Crippen LogP contribution >= 0.6 is 0 Å². The summed E-state index contributed by atoms with van der Waals surface area (Å²) in [5.41, 5.74) is 0. The van der Waals surface area contributed by atoms with Gasteiger partial charge in [-0.1, -0.05) is 33.1 Å². The molecule has 1 fully saturated rings. The van der Waals surface area contributed by atoms with Crippen molar-refractivity contribution >= 4 is 11.9 Å². The maximum atomic E-state index is 11.7. The van der Waals surface area contributed by atoms with Gasteiger partial charge in [-0.25, -0.2) is 0 Å². The fourth-order valence-electron chi connectivity index (χ4n) is 2.34. The first-order valence-electron chi connectivity index (χ1n) is 6.59. The fourth-order valence-corrected chi connectivity index (χ4v) is 2.34. The molecule has 2 atom stereocenters. The molecule has 4 nitrogen and oxygen atoms in total. The van der Waals surface area contributed by atoms with Gasteiger partial charge in [-0.2, -0.15) is 0 Å². The molecule has 0 aliphatic carbocycles. The summed E-state index contributed by atoms with van der Waals surface area (Å²) in [4.78, 5) is 24.3. The van der Waals surface area contributed by atoms with Gasteiger partial charge in [0.2, 0.25) is 5.91 Å². The van der Waals surface area contributed by atoms with E-state index in [1.165, 1.54) is 12.8 Å². The second-order valence-electron chi connectivity index (χ2n) is 4.95. The van der Waals surface area contributed by atoms with Crippen LogP contribution in [0.15, 0.2) is 0 Å². The lowest BCUT2D eigenvalue weighted by molar-refractivity contribution is -0.141. The van der Waals surface area contributed by atoms with Crippen LogP contribution in [0.2, 0.25) is 0 Å². The van der Waals surface area contributed by atoms with Crippen molar-refractivity contribution in [3.63, 3.8) is 0 Å². The Kier molecular flexibility index (Phi) is 5.45. The lowest BCUT2D eigenvalue weighted by Crippen LogP contribution is -2.31. The number of aliphatic carboxylic acids is 1. The summed E-state index contributed by atoms with van der Waals surface area (Å²) in [6.45, 7) is 5.43. The summed E-state index contributed by atoms with van der Waals surface area (Å²) >= 11 is 0. The first-order valence-corrected chi connectivity index (χ1v) is 6.59. The van der Waals surface area contributed by atoms with Gasteiger partial charge in [-0.3, -0.25) is 9.59 Å². The topological polar surface area (TPSA) is 57.6 Å². The van der Waals surface area contributed by atoms with Gasteiger partial charge in [0.25, 0.3) is 0 Å². The minimum Gasteiger partial charge on any atom is -0.481 e. The Balaban J connectivity index is 2.44. The van der Waals surface area contributed by atoms with Gasteiger partial charge in [0, 0.05) is 19.5 Å². The minimum absolute atomic E-state index is 0.00680. The number of likely N-dealkylation sites (tertiary alicyclic amines) is 1. The van der Waals surface area contributed by atoms with Crippen molar-refractivity contribution < 1.29 is 14.7 Å². The zero-order valence-corrected chi connectivity index (χ0v) is 10.8. The molecule has 1 heterocycles. The van der Waals surface area contributed by atoms with Crippen molar-refractivity contribution in [1.82, 2.24) is 4.90 Å². The van der Waals surface area contributed by atoms with Crippen LogP contribution in [0.5, 0.6) is 0 Å². The zero-order valence-electron chi connectivity index (χ0n) is 10.8. The van der Waals surface area contributed by atoms with Crippen LogP contribution in [-0.4, -0.2) is 35.0 Å². The largest absolute Gasteiger partial charge is 0.481 e. The van der Waals surface area contributed by atoms with Crippen LogP contribution in [0.4, 0.5) is 0 Å². The van der Waals surface area contributed by atoms with Crippen LogP contribution in [0.3, 0.4) is 0 Å². The first kappa shape index (κ1) is 14.0. The smallest absolute Gasteiger partial charge is 0.308 e. The van der Waals surface area contributed by atoms with Crippen molar-refractivity contribution in [1.29, 1.82) is 0 Å². The predicted molar refractivity (Wildman–Crippen MR) is 65.6 cm³/mol. The number of carboxylic acids is 1. The molecule has 0 saturated carbocycles. The second-order valence-corrected chi connectivity index (χ2v) is 4.95. The Hall–Kier alpha value is -1.06. The third-order valence-corrected chi connectivity index (χ3v) is 3.59. The zero-order chi connectivity index (χ0) is 12.8. The number of nitrogens with zero attached hydrogens (tertiary/aromatic N) is 1. The Morgan fingerprint density at radius 3 is 2.71 bits per heavy atom. The van der Waals surface area contributed by atoms with Gasteiger partial charge in [0.05, 0.1) is 5.92 Å². The second kappa shape index (κ2) is 6.62. The molecule has 0 aromatic carbocycles. The molecule has 0 unspecified atom stereocenters. The van der Waals surface area contributed by atoms with Crippen LogP contribution < -0.4 is 0 Å². The van der Waals surface area contributed by atoms with E-state index in [4.69, 9.17) is 5.11 Å². The molecule has 17 heavy (non-hydrogen) atoms. The molecular weight excluding hydrogens is 218 g/mol. The van der Waals surface area contributed by atoms with Gasteiger partial charge in [0.15, 0.2) is 0 Å². The summed E-state index contributed by atoms with van der Waals surface area (Å²) in [5, 5.41) is 8.90. The first-order chi connectivity index (χ1) is 8.08. The minimum atomic E-state index is -0.845. The van der Waals surface area contributed by atoms with Crippen molar-refractivity contribution in [3.8, 4) is 0 Å². The van der Waals surface area contributed by atoms with E-state index < -0.39 is 11.9 Å². The van der Waals surface area contributed by atoms with Gasteiger partial charge in [-0.15, -0.1) is 0 Å². The van der Waals surface area contributed by atoms with Crippen molar-refractivity contribution in [2.24, 2.45) is 11.8 Å². The Bertz CT molecular complexity index is 278. The maximum absolute atomic E-state index is 11.7. The van der Waals surface area contributed by atoms with E-state index in [-0.39, 0.29) is 12.3 Å². The van der Waals surface area contributed by atoms with Crippen LogP contribution in [-0.2, 0) is 9.59 Å². The molecule has 0 aromatic rings. The summed E-state index contributed by atoms with van der Waals surface area (Å²) < 4.78 is 0. The van der Waals surface area contributed by atoms with Crippen LogP contribution in [0, 0.1) is 11.8 Å². The molecule has 4 heteroatoms. The van der Waals surface area contributed by atoms with Crippen molar-refractivity contribution in [3.05, 3.63) is 0 Å². The normalized spacial score (nSPS) is 21.9. The number of carboxylic acid groups (broad SMARTS) is 1. The molecule has 0 radical (unpaired) electrons. The van der Waals surface area contributed by atoms with E-state index in [1.54, 1.807) is 4.90 Å². The fraction of sp³-hybridized carbons (Fsp3) is 0.846. The van der Waals surface area contributed by atoms with Gasteiger partial charge < -0.3 is 10.0 Å². The number of hydrogen-bond acceptors (Lipinski definition) is 2. The average molecular weight is 241 g/mol. The molecule has 1 aliphatic rings. The molecule has 98 valence electrons. The predicted octanol–water partition coefficient (Wildman–Crippen LogP) is 2.14. The van der Waals surface area contributed by atoms with Gasteiger partial charge >= 0.3 is 5.97 Å². The standard InChI is InChI=1S/C13H23NO3/c1-3-5-6-10(4-2)8-14-9-11(13(16)17)7-12(14)15/h10-11H,3-9H2,1-2H3,(H,16,17)/t10-,11+/m0/s1. The van der Waals surface area contributed by atoms with E-state index in [9.17, 15) is 9.59 Å². The van der Waals surface area contributed by atoms with E-state index in [2.05, 4.69) is 13.8 Å². The number of carbonyl (C=O) groups excluding carboxylic acids is 1. The van der Waals surface area contributed by atoms with Gasteiger partial charge in [0.1, 0.15) is 0 Å². The summed E-state index contributed by atoms with van der Waals surface area (Å²) in [7, 11) is 0. The van der Waals surface area contributed by atoms with Crippen LogP contribution in [0.1, 0.15) is 46.0 Å². The van der Waals surface area contributed by atoms with E-state index in [0.29, 0.717) is 12.5 Å². The molecule has 0 aromatic heterocycles. The summed E-state index contributed by atoms with van der Waals surface area (Å²) in [5.74, 6) is -0.813. The highest BCUT2D eigenvalue weighted by Crippen LogP contribution is 2.22. The number of hydrogen-bond donors (Lipinski definition) is 1. The lowest BCUT2D eigenvalue weighted by Gasteiger charge is -2.22. The summed E-state index contributed by atoms with van der Waals surface area (Å²) in [6, 6.07) is 0. The molecule has 0 spiro atoms. The molecule has 0 bridgehead atoms. The molecule has 1 N–H and O–H groups in total. The number of carbonyl (C=O) groups is 2. The van der Waals surface area contributed by atoms with E-state index >= 15 is 0 Å². The third-order valence-electron chi connectivity index (χ3n) is 3.59. The molecule has 1 rings (SSSR count). The third kappa shape index (κ3) is 4.02. The number of amides is 1. The number of rotatable bonds is 7. The van der Waals surface area contributed by atoms with Crippen LogP contribution in [0.25, 0.3) is 0 Å². The Labute approximate surface area is 103 Å². The lowest BCUT2D eigenvalue weighted by atomic mass is 9.99.